The number of rotatable bonds is 3. The molecule has 3 atom stereocenters. The molecule has 0 spiro atoms. The molecule has 1 rings (SSSR count). The summed E-state index contributed by atoms with van der Waals surface area (Å²) in [6.45, 7) is 0. The van der Waals surface area contributed by atoms with Crippen molar-refractivity contribution in [3.63, 3.8) is 0 Å². The van der Waals surface area contributed by atoms with Crippen molar-refractivity contribution in [2.75, 3.05) is 7.11 Å². The molecule has 0 bridgehead atoms. The molecular formula is C7H11ClO3. The van der Waals surface area contributed by atoms with Crippen LogP contribution in [0.5, 0.6) is 0 Å². The SMILES string of the molecule is COC(=O)CC(O)[C@@H]1C[C@H]1Cl. The van der Waals surface area contributed by atoms with Crippen LogP contribution in [0.1, 0.15) is 12.8 Å². The van der Waals surface area contributed by atoms with Gasteiger partial charge in [0.25, 0.3) is 0 Å². The lowest BCUT2D eigenvalue weighted by Crippen LogP contribution is -2.17. The zero-order valence-corrected chi connectivity index (χ0v) is 7.04. The Bertz CT molecular complexity index is 160. The van der Waals surface area contributed by atoms with Gasteiger partial charge in [-0.1, -0.05) is 0 Å². The van der Waals surface area contributed by atoms with E-state index in [2.05, 4.69) is 4.74 Å². The minimum atomic E-state index is -0.620. The predicted molar refractivity (Wildman–Crippen MR) is 40.4 cm³/mol. The molecule has 0 aromatic rings. The first-order valence-electron chi connectivity index (χ1n) is 3.54. The molecule has 0 saturated heterocycles. The maximum absolute atomic E-state index is 10.6. The standard InChI is InChI=1S/C7H11ClO3/c1-11-7(10)3-6(9)4-2-5(4)8/h4-6,9H,2-3H2,1H3/t4-,5-,6?/m1/s1. The van der Waals surface area contributed by atoms with Crippen molar-refractivity contribution in [2.24, 2.45) is 5.92 Å². The summed E-state index contributed by atoms with van der Waals surface area (Å²) in [5.41, 5.74) is 0. The summed E-state index contributed by atoms with van der Waals surface area (Å²) in [5, 5.41) is 9.33. The number of esters is 1. The molecule has 0 aliphatic heterocycles. The summed E-state index contributed by atoms with van der Waals surface area (Å²) >= 11 is 5.66. The van der Waals surface area contributed by atoms with Crippen molar-refractivity contribution in [1.82, 2.24) is 0 Å². The van der Waals surface area contributed by atoms with Crippen molar-refractivity contribution in [3.05, 3.63) is 0 Å². The number of ether oxygens (including phenoxy) is 1. The van der Waals surface area contributed by atoms with Gasteiger partial charge in [-0.3, -0.25) is 4.79 Å². The molecule has 11 heavy (non-hydrogen) atoms. The second kappa shape index (κ2) is 3.41. The van der Waals surface area contributed by atoms with E-state index in [1.54, 1.807) is 0 Å². The van der Waals surface area contributed by atoms with E-state index < -0.39 is 6.10 Å². The molecule has 1 saturated carbocycles. The molecule has 1 unspecified atom stereocenters. The van der Waals surface area contributed by atoms with Crippen LogP contribution in [-0.2, 0) is 9.53 Å². The van der Waals surface area contributed by atoms with E-state index in [9.17, 15) is 9.90 Å². The number of aliphatic hydroxyl groups is 1. The quantitative estimate of drug-likeness (QED) is 0.507. The Morgan fingerprint density at radius 2 is 2.45 bits per heavy atom. The van der Waals surface area contributed by atoms with E-state index in [1.165, 1.54) is 7.11 Å². The fraction of sp³-hybridized carbons (Fsp3) is 0.857. The predicted octanol–water partition coefficient (Wildman–Crippen LogP) is 0.538. The summed E-state index contributed by atoms with van der Waals surface area (Å²) in [6, 6.07) is 0. The first kappa shape index (κ1) is 8.81. The van der Waals surface area contributed by atoms with Gasteiger partial charge >= 0.3 is 5.97 Å². The average Bonchev–Trinajstić information content (AvgIpc) is 2.66. The van der Waals surface area contributed by atoms with Crippen LogP contribution in [0.4, 0.5) is 0 Å². The van der Waals surface area contributed by atoms with Crippen molar-refractivity contribution < 1.29 is 14.6 Å². The third-order valence-corrected chi connectivity index (χ3v) is 2.36. The Hall–Kier alpha value is -0.280. The van der Waals surface area contributed by atoms with Crippen LogP contribution < -0.4 is 0 Å². The Morgan fingerprint density at radius 3 is 2.82 bits per heavy atom. The Morgan fingerprint density at radius 1 is 1.91 bits per heavy atom. The number of aliphatic hydroxyl groups excluding tert-OH is 1. The van der Waals surface area contributed by atoms with Crippen molar-refractivity contribution in [2.45, 2.75) is 24.3 Å². The molecule has 1 aliphatic rings. The fourth-order valence-electron chi connectivity index (χ4n) is 0.985. The highest BCUT2D eigenvalue weighted by atomic mass is 35.5. The minimum Gasteiger partial charge on any atom is -0.469 e. The number of hydrogen-bond acceptors (Lipinski definition) is 3. The lowest BCUT2D eigenvalue weighted by Gasteiger charge is -2.06. The second-order valence-electron chi connectivity index (χ2n) is 2.76. The zero-order valence-electron chi connectivity index (χ0n) is 6.29. The van der Waals surface area contributed by atoms with E-state index in [1.807, 2.05) is 0 Å². The minimum absolute atomic E-state index is 0.0506. The van der Waals surface area contributed by atoms with Crippen LogP contribution in [0, 0.1) is 5.92 Å². The first-order chi connectivity index (χ1) is 5.15. The summed E-state index contributed by atoms with van der Waals surface area (Å²) < 4.78 is 4.39. The molecule has 1 aliphatic carbocycles. The van der Waals surface area contributed by atoms with Gasteiger partial charge in [0.05, 0.1) is 19.6 Å². The van der Waals surface area contributed by atoms with E-state index in [-0.39, 0.29) is 23.7 Å². The maximum atomic E-state index is 10.6. The second-order valence-corrected chi connectivity index (χ2v) is 3.32. The molecule has 0 radical (unpaired) electrons. The van der Waals surface area contributed by atoms with Crippen molar-refractivity contribution in [1.29, 1.82) is 0 Å². The smallest absolute Gasteiger partial charge is 0.308 e. The number of halogens is 1. The van der Waals surface area contributed by atoms with Crippen LogP contribution in [0.15, 0.2) is 0 Å². The van der Waals surface area contributed by atoms with Gasteiger partial charge in [-0.15, -0.1) is 11.6 Å². The van der Waals surface area contributed by atoms with Gasteiger partial charge in [-0.05, 0) is 6.42 Å². The third kappa shape index (κ3) is 2.34. The lowest BCUT2D eigenvalue weighted by molar-refractivity contribution is -0.143. The van der Waals surface area contributed by atoms with E-state index in [0.717, 1.165) is 6.42 Å². The van der Waals surface area contributed by atoms with Crippen LogP contribution in [-0.4, -0.2) is 29.7 Å². The molecule has 0 aromatic carbocycles. The van der Waals surface area contributed by atoms with Gasteiger partial charge in [0.2, 0.25) is 0 Å². The molecule has 1 N–H and O–H groups in total. The summed E-state index contributed by atoms with van der Waals surface area (Å²) in [6.07, 6.45) is 0.245. The fourth-order valence-corrected chi connectivity index (χ4v) is 1.36. The van der Waals surface area contributed by atoms with E-state index >= 15 is 0 Å². The molecule has 0 amide bonds. The van der Waals surface area contributed by atoms with Crippen LogP contribution >= 0.6 is 11.6 Å². The molecule has 4 heteroatoms. The van der Waals surface area contributed by atoms with Crippen LogP contribution in [0.25, 0.3) is 0 Å². The first-order valence-corrected chi connectivity index (χ1v) is 3.97. The van der Waals surface area contributed by atoms with Crippen molar-refractivity contribution in [3.8, 4) is 0 Å². The zero-order chi connectivity index (χ0) is 8.43. The van der Waals surface area contributed by atoms with E-state index in [4.69, 9.17) is 11.6 Å². The molecule has 0 aromatic heterocycles. The highest BCUT2D eigenvalue weighted by molar-refractivity contribution is 6.22. The maximum Gasteiger partial charge on any atom is 0.308 e. The molecular weight excluding hydrogens is 168 g/mol. The molecule has 64 valence electrons. The topological polar surface area (TPSA) is 46.5 Å². The summed E-state index contributed by atoms with van der Waals surface area (Å²) in [4.78, 5) is 10.6. The third-order valence-electron chi connectivity index (χ3n) is 1.86. The molecule has 3 nitrogen and oxygen atoms in total. The highest BCUT2D eigenvalue weighted by Crippen LogP contribution is 2.39. The Labute approximate surface area is 70.3 Å². The van der Waals surface area contributed by atoms with Gasteiger partial charge in [0, 0.05) is 11.3 Å². The monoisotopic (exact) mass is 178 g/mol. The van der Waals surface area contributed by atoms with Gasteiger partial charge in [0.1, 0.15) is 0 Å². The summed E-state index contributed by atoms with van der Waals surface area (Å²) in [5.74, 6) is -0.288. The van der Waals surface area contributed by atoms with Crippen LogP contribution in [0.3, 0.4) is 0 Å². The van der Waals surface area contributed by atoms with Crippen LogP contribution in [0.2, 0.25) is 0 Å². The number of carbonyl (C=O) groups excluding carboxylic acids is 1. The summed E-state index contributed by atoms with van der Waals surface area (Å²) in [7, 11) is 1.31. The average molecular weight is 179 g/mol. The highest BCUT2D eigenvalue weighted by Gasteiger charge is 2.41. The number of hydrogen-bond donors (Lipinski definition) is 1. The number of methoxy groups -OCH3 is 1. The van der Waals surface area contributed by atoms with Gasteiger partial charge in [-0.2, -0.15) is 0 Å². The Balaban J connectivity index is 2.21. The molecule has 0 heterocycles. The van der Waals surface area contributed by atoms with Gasteiger partial charge < -0.3 is 9.84 Å². The van der Waals surface area contributed by atoms with Crippen molar-refractivity contribution >= 4 is 17.6 Å². The molecule has 1 fully saturated rings. The normalized spacial score (nSPS) is 31.2. The number of carbonyl (C=O) groups is 1. The lowest BCUT2D eigenvalue weighted by atomic mass is 10.2. The van der Waals surface area contributed by atoms with E-state index in [0.29, 0.717) is 0 Å². The number of alkyl halides is 1. The largest absolute Gasteiger partial charge is 0.469 e. The Kier molecular flexibility index (Phi) is 2.73. The van der Waals surface area contributed by atoms with Gasteiger partial charge in [0.15, 0.2) is 0 Å². The van der Waals surface area contributed by atoms with Gasteiger partial charge in [-0.25, -0.2) is 0 Å².